The van der Waals surface area contributed by atoms with E-state index in [0.29, 0.717) is 0 Å². The molecule has 0 bridgehead atoms. The standard InChI is InChI=1S/C22H23P.C4F12P.C4H6O7S/c23-18-10-17-22(19-11-4-1-5-12-19,20-13-6-2-7-14-20)21-15-8-3-9-16-21;5-1(6,3(9,10)11)2(7,8)4(12,13)17(14,15)16;5-3(6)1-2(4(7)8)12(9,10)11/h1-9,11-16H,10,17-18,23H2;;2H,1H2,(H,5,6)(H,7,8)(H,9,10,11)/q;+1;/p-1. The molecule has 52 heavy (non-hydrogen) atoms. The van der Waals surface area contributed by atoms with Gasteiger partial charge in [0.1, 0.15) is 5.25 Å². The van der Waals surface area contributed by atoms with Crippen LogP contribution < -0.4 is 5.11 Å². The number of hydrogen-bond acceptors (Lipinski definition) is 5. The van der Waals surface area contributed by atoms with Crippen molar-refractivity contribution in [2.24, 2.45) is 0 Å². The third-order valence-electron chi connectivity index (χ3n) is 6.98. The highest BCUT2D eigenvalue weighted by Gasteiger charge is 2.94. The second-order valence-corrected chi connectivity index (χ2v) is 14.1. The summed E-state index contributed by atoms with van der Waals surface area (Å²) in [7, 11) is -10.5. The monoisotopic (exact) mass is 822 g/mol. The lowest BCUT2D eigenvalue weighted by Gasteiger charge is -2.36. The van der Waals surface area contributed by atoms with Crippen molar-refractivity contribution in [1.82, 2.24) is 0 Å². The topological polar surface area (TPSA) is 132 Å². The average Bonchev–Trinajstić information content (AvgIpc) is 3.04. The Morgan fingerprint density at radius 2 is 1.06 bits per heavy atom. The maximum absolute atomic E-state index is 12.1. The van der Waals surface area contributed by atoms with E-state index in [1.807, 2.05) is 0 Å². The Morgan fingerprint density at radius 1 is 0.712 bits per heavy atom. The van der Waals surface area contributed by atoms with Gasteiger partial charge in [0.25, 0.3) is 10.1 Å². The van der Waals surface area contributed by atoms with Crippen molar-refractivity contribution in [3.63, 3.8) is 0 Å². The molecule has 0 saturated carbocycles. The summed E-state index contributed by atoms with van der Waals surface area (Å²) in [5.41, 5.74) is -3.39. The SMILES string of the molecule is FC(F)(F)C(F)(F)C(F)(F)C(F)(F)[P+](F)(F)F.O=C(O)CC(C(=O)[O-])S(=O)(=O)O.PCCCC(c1ccccc1)(c1ccccc1)c1ccccc1. The highest BCUT2D eigenvalue weighted by molar-refractivity contribution is 7.87. The first kappa shape index (κ1) is 46.6. The van der Waals surface area contributed by atoms with Gasteiger partial charge in [0.05, 0.1) is 12.4 Å². The number of carboxylic acid groups (broad SMARTS) is 2. The molecule has 0 saturated heterocycles. The van der Waals surface area contributed by atoms with Crippen LogP contribution in [0.15, 0.2) is 91.0 Å². The zero-order valence-electron chi connectivity index (χ0n) is 26.0. The first-order valence-corrected chi connectivity index (χ1v) is 17.8. The summed E-state index contributed by atoms with van der Waals surface area (Å²) in [6.45, 7) is 0. The van der Waals surface area contributed by atoms with Crippen LogP contribution in [0.2, 0.25) is 0 Å². The summed E-state index contributed by atoms with van der Waals surface area (Å²) in [4.78, 5) is 19.9. The van der Waals surface area contributed by atoms with Crippen molar-refractivity contribution in [1.29, 1.82) is 0 Å². The summed E-state index contributed by atoms with van der Waals surface area (Å²) in [6.07, 6.45) is -5.07. The van der Waals surface area contributed by atoms with E-state index in [1.165, 1.54) is 23.1 Å². The Labute approximate surface area is 291 Å². The van der Waals surface area contributed by atoms with Gasteiger partial charge in [0, 0.05) is 18.0 Å². The summed E-state index contributed by atoms with van der Waals surface area (Å²) < 4.78 is 169. The molecule has 2 N–H and O–H groups in total. The summed E-state index contributed by atoms with van der Waals surface area (Å²) in [5, 5.41) is 15.6. The Kier molecular flexibility index (Phi) is 16.1. The average molecular weight is 823 g/mol. The van der Waals surface area contributed by atoms with Crippen LogP contribution in [0.25, 0.3) is 0 Å². The first-order chi connectivity index (χ1) is 23.6. The van der Waals surface area contributed by atoms with Gasteiger partial charge >= 0.3 is 37.8 Å². The predicted octanol–water partition coefficient (Wildman–Crippen LogP) is 8.23. The van der Waals surface area contributed by atoms with Gasteiger partial charge < -0.3 is 15.0 Å². The molecular weight excluding hydrogens is 794 g/mol. The normalized spacial score (nSPS) is 13.5. The number of carbonyl (C=O) groups is 2. The highest BCUT2D eigenvalue weighted by atomic mass is 32.2. The minimum absolute atomic E-state index is 0.0830. The molecule has 0 radical (unpaired) electrons. The van der Waals surface area contributed by atoms with E-state index in [0.717, 1.165) is 12.6 Å². The minimum atomic E-state index is -8.47. The van der Waals surface area contributed by atoms with E-state index in [-0.39, 0.29) is 5.41 Å². The molecule has 290 valence electrons. The molecule has 0 aliphatic rings. The number of aliphatic carboxylic acids is 2. The third-order valence-corrected chi connectivity index (χ3v) is 9.39. The van der Waals surface area contributed by atoms with Gasteiger partial charge in [-0.2, -0.15) is 47.9 Å². The van der Waals surface area contributed by atoms with E-state index >= 15 is 0 Å². The van der Waals surface area contributed by atoms with Crippen LogP contribution in [0.5, 0.6) is 0 Å². The van der Waals surface area contributed by atoms with E-state index < -0.39 is 65.6 Å². The van der Waals surface area contributed by atoms with Gasteiger partial charge in [-0.15, -0.1) is 9.24 Å². The van der Waals surface area contributed by atoms with Crippen LogP contribution in [-0.2, 0) is 25.1 Å². The van der Waals surface area contributed by atoms with Crippen molar-refractivity contribution < 1.29 is 84.9 Å². The van der Waals surface area contributed by atoms with Crippen molar-refractivity contribution >= 4 is 39.5 Å². The lowest BCUT2D eigenvalue weighted by Crippen LogP contribution is -2.60. The van der Waals surface area contributed by atoms with Crippen LogP contribution in [0, 0.1) is 0 Å². The molecule has 0 aromatic heterocycles. The smallest absolute Gasteiger partial charge is 0.549 e. The Bertz CT molecular complexity index is 1570. The summed E-state index contributed by atoms with van der Waals surface area (Å²) >= 11 is 0. The Hall–Kier alpha value is -3.47. The zero-order valence-corrected chi connectivity index (χ0v) is 28.8. The second kappa shape index (κ2) is 18.0. The Balaban J connectivity index is 0.000000414. The number of carbonyl (C=O) groups excluding carboxylic acids is 1. The molecule has 2 unspecified atom stereocenters. The number of hydrogen-bond donors (Lipinski definition) is 2. The van der Waals surface area contributed by atoms with Crippen molar-refractivity contribution in [2.45, 2.75) is 53.6 Å². The minimum Gasteiger partial charge on any atom is -0.549 e. The van der Waals surface area contributed by atoms with Gasteiger partial charge in [0.2, 0.25) is 0 Å². The molecular formula is C30H28F12O7P2S. The highest BCUT2D eigenvalue weighted by Crippen LogP contribution is 2.80. The van der Waals surface area contributed by atoms with Gasteiger partial charge in [0.15, 0.2) is 0 Å². The van der Waals surface area contributed by atoms with Gasteiger partial charge in [-0.1, -0.05) is 91.0 Å². The maximum atomic E-state index is 12.1. The number of carboxylic acids is 2. The van der Waals surface area contributed by atoms with Crippen molar-refractivity contribution in [2.75, 3.05) is 6.16 Å². The molecule has 3 aromatic rings. The number of benzene rings is 3. The fourth-order valence-corrected chi connectivity index (χ4v) is 5.72. The third kappa shape index (κ3) is 11.0. The molecule has 7 nitrogen and oxygen atoms in total. The van der Waals surface area contributed by atoms with Gasteiger partial charge in [-0.25, -0.2) is 0 Å². The van der Waals surface area contributed by atoms with E-state index in [4.69, 9.17) is 9.66 Å². The molecule has 3 rings (SSSR count). The van der Waals surface area contributed by atoms with Crippen molar-refractivity contribution in [3.05, 3.63) is 108 Å². The van der Waals surface area contributed by atoms with Gasteiger partial charge in [-0.05, 0) is 35.7 Å². The molecule has 0 aliphatic carbocycles. The number of halogens is 12. The molecule has 0 aliphatic heterocycles. The maximum Gasteiger partial charge on any atom is 0.644 e. The number of rotatable bonds is 13. The lowest BCUT2D eigenvalue weighted by molar-refractivity contribution is -0.383. The molecule has 0 fully saturated rings. The lowest BCUT2D eigenvalue weighted by atomic mass is 9.67. The second-order valence-electron chi connectivity index (χ2n) is 10.4. The van der Waals surface area contributed by atoms with Crippen LogP contribution >= 0.6 is 17.4 Å². The van der Waals surface area contributed by atoms with Crippen molar-refractivity contribution in [3.8, 4) is 0 Å². The van der Waals surface area contributed by atoms with E-state index in [1.54, 1.807) is 0 Å². The summed E-state index contributed by atoms with van der Waals surface area (Å²) in [6, 6.07) is 32.8. The predicted molar refractivity (Wildman–Crippen MR) is 167 cm³/mol. The zero-order chi connectivity index (χ0) is 40.4. The fourth-order valence-electron chi connectivity index (χ4n) is 4.46. The molecule has 0 amide bonds. The molecule has 0 spiro atoms. The fraction of sp³-hybridized carbons (Fsp3) is 0.333. The summed E-state index contributed by atoms with van der Waals surface area (Å²) in [5.74, 6) is -18.9. The Morgan fingerprint density at radius 3 is 1.27 bits per heavy atom. The quantitative estimate of drug-likeness (QED) is 0.0769. The molecule has 2 atom stereocenters. The molecule has 22 heteroatoms. The molecule has 3 aromatic carbocycles. The van der Waals surface area contributed by atoms with Crippen LogP contribution in [-0.4, -0.2) is 65.1 Å². The van der Waals surface area contributed by atoms with Crippen LogP contribution in [0.4, 0.5) is 52.1 Å². The van der Waals surface area contributed by atoms with Crippen LogP contribution in [0.3, 0.4) is 0 Å². The van der Waals surface area contributed by atoms with E-state index in [9.17, 15) is 75.2 Å². The van der Waals surface area contributed by atoms with Gasteiger partial charge in [-0.3, -0.25) is 9.35 Å². The van der Waals surface area contributed by atoms with Crippen LogP contribution in [0.1, 0.15) is 36.0 Å². The molecule has 0 heterocycles. The van der Waals surface area contributed by atoms with E-state index in [2.05, 4.69) is 100 Å². The number of alkyl halides is 9. The largest absolute Gasteiger partial charge is 0.644 e. The first-order valence-electron chi connectivity index (χ1n) is 14.1.